The second-order valence-corrected chi connectivity index (χ2v) is 5.96. The molecule has 2 saturated heterocycles. The van der Waals surface area contributed by atoms with Gasteiger partial charge in [-0.3, -0.25) is 4.79 Å². The van der Waals surface area contributed by atoms with E-state index in [2.05, 4.69) is 4.74 Å². The highest BCUT2D eigenvalue weighted by Gasteiger charge is 2.37. The minimum atomic E-state index is -4.70. The Hall–Kier alpha value is -1.56. The highest BCUT2D eigenvalue weighted by Crippen LogP contribution is 2.36. The third-order valence-electron chi connectivity index (χ3n) is 4.28. The van der Waals surface area contributed by atoms with Crippen LogP contribution in [-0.2, 0) is 16.0 Å². The lowest BCUT2D eigenvalue weighted by molar-refractivity contribution is -0.274. The Kier molecular flexibility index (Phi) is 4.12. The molecule has 22 heavy (non-hydrogen) atoms. The first kappa shape index (κ1) is 15.3. The molecular formula is C16H17F3O3. The lowest BCUT2D eigenvalue weighted by Gasteiger charge is -2.27. The zero-order valence-electron chi connectivity index (χ0n) is 11.9. The maximum Gasteiger partial charge on any atom is 0.573 e. The molecular weight excluding hydrogens is 297 g/mol. The van der Waals surface area contributed by atoms with Crippen molar-refractivity contribution in [3.8, 4) is 5.75 Å². The van der Waals surface area contributed by atoms with Gasteiger partial charge in [-0.15, -0.1) is 13.2 Å². The molecule has 0 radical (unpaired) electrons. The summed E-state index contributed by atoms with van der Waals surface area (Å²) in [4.78, 5) is 12.3. The van der Waals surface area contributed by atoms with Crippen LogP contribution in [-0.4, -0.2) is 24.4 Å². The second kappa shape index (κ2) is 5.91. The van der Waals surface area contributed by atoms with E-state index >= 15 is 0 Å². The third kappa shape index (κ3) is 3.80. The van der Waals surface area contributed by atoms with Crippen LogP contribution in [0.4, 0.5) is 13.2 Å². The Balaban J connectivity index is 1.57. The largest absolute Gasteiger partial charge is 0.573 e. The SMILES string of the molecule is O=C(Cc1ccc(OC(F)(F)F)cc1)C1CC2CCC(C1)O2. The second-order valence-electron chi connectivity index (χ2n) is 5.96. The van der Waals surface area contributed by atoms with E-state index in [1.165, 1.54) is 24.3 Å². The summed E-state index contributed by atoms with van der Waals surface area (Å²) in [7, 11) is 0. The summed E-state index contributed by atoms with van der Waals surface area (Å²) in [5, 5.41) is 0. The quantitative estimate of drug-likeness (QED) is 0.851. The number of hydrogen-bond donors (Lipinski definition) is 0. The monoisotopic (exact) mass is 314 g/mol. The molecule has 0 amide bonds. The summed E-state index contributed by atoms with van der Waals surface area (Å²) in [6.07, 6.45) is -0.453. The summed E-state index contributed by atoms with van der Waals surface area (Å²) in [6, 6.07) is 5.49. The average Bonchev–Trinajstić information content (AvgIpc) is 2.78. The van der Waals surface area contributed by atoms with Gasteiger partial charge in [0.15, 0.2) is 0 Å². The van der Waals surface area contributed by atoms with Crippen LogP contribution in [0.2, 0.25) is 0 Å². The van der Waals surface area contributed by atoms with Crippen molar-refractivity contribution in [3.63, 3.8) is 0 Å². The van der Waals surface area contributed by atoms with Gasteiger partial charge in [0, 0.05) is 12.3 Å². The minimum Gasteiger partial charge on any atom is -0.406 e. The molecule has 0 saturated carbocycles. The van der Waals surface area contributed by atoms with Crippen LogP contribution >= 0.6 is 0 Å². The lowest BCUT2D eigenvalue weighted by Crippen LogP contribution is -2.30. The lowest BCUT2D eigenvalue weighted by atomic mass is 9.88. The van der Waals surface area contributed by atoms with Gasteiger partial charge in [-0.05, 0) is 43.4 Å². The van der Waals surface area contributed by atoms with Crippen LogP contribution in [0.25, 0.3) is 0 Å². The van der Waals surface area contributed by atoms with E-state index in [1.807, 2.05) is 0 Å². The molecule has 2 unspecified atom stereocenters. The van der Waals surface area contributed by atoms with Crippen LogP contribution < -0.4 is 4.74 Å². The van der Waals surface area contributed by atoms with E-state index in [1.54, 1.807) is 0 Å². The predicted molar refractivity (Wildman–Crippen MR) is 72.5 cm³/mol. The maximum absolute atomic E-state index is 12.3. The Morgan fingerprint density at radius 2 is 1.73 bits per heavy atom. The van der Waals surface area contributed by atoms with Crippen LogP contribution in [0.5, 0.6) is 5.75 Å². The van der Waals surface area contributed by atoms with Gasteiger partial charge in [0.1, 0.15) is 11.5 Å². The first-order valence-corrected chi connectivity index (χ1v) is 7.42. The molecule has 120 valence electrons. The Morgan fingerprint density at radius 3 is 2.27 bits per heavy atom. The average molecular weight is 314 g/mol. The molecule has 6 heteroatoms. The first-order valence-electron chi connectivity index (χ1n) is 7.42. The van der Waals surface area contributed by atoms with Crippen molar-refractivity contribution in [2.24, 2.45) is 5.92 Å². The molecule has 2 aliphatic heterocycles. The molecule has 0 aliphatic carbocycles. The van der Waals surface area contributed by atoms with Crippen molar-refractivity contribution in [3.05, 3.63) is 29.8 Å². The van der Waals surface area contributed by atoms with Gasteiger partial charge in [0.2, 0.25) is 0 Å². The number of carbonyl (C=O) groups excluding carboxylic acids is 1. The number of ether oxygens (including phenoxy) is 2. The van der Waals surface area contributed by atoms with Crippen LogP contribution in [0, 0.1) is 5.92 Å². The zero-order valence-corrected chi connectivity index (χ0v) is 11.9. The molecule has 1 aromatic carbocycles. The fourth-order valence-electron chi connectivity index (χ4n) is 3.28. The predicted octanol–water partition coefficient (Wildman–Crippen LogP) is 3.65. The van der Waals surface area contributed by atoms with E-state index in [9.17, 15) is 18.0 Å². The third-order valence-corrected chi connectivity index (χ3v) is 4.28. The highest BCUT2D eigenvalue weighted by atomic mass is 19.4. The number of hydrogen-bond acceptors (Lipinski definition) is 3. The Labute approximate surface area is 126 Å². The molecule has 3 nitrogen and oxygen atoms in total. The Morgan fingerprint density at radius 1 is 1.14 bits per heavy atom. The number of carbonyl (C=O) groups is 1. The van der Waals surface area contributed by atoms with Gasteiger partial charge in [0.25, 0.3) is 0 Å². The number of rotatable bonds is 4. The number of fused-ring (bicyclic) bond motifs is 2. The zero-order chi connectivity index (χ0) is 15.7. The standard InChI is InChI=1S/C16H17F3O3/c17-16(18,19)22-12-3-1-10(2-4-12)7-15(20)11-8-13-5-6-14(9-11)21-13/h1-4,11,13-14H,5-9H2. The molecule has 1 aromatic rings. The molecule has 0 spiro atoms. The van der Waals surface area contributed by atoms with Crippen LogP contribution in [0.15, 0.2) is 24.3 Å². The number of halogens is 3. The molecule has 2 fully saturated rings. The van der Waals surface area contributed by atoms with Gasteiger partial charge in [-0.2, -0.15) is 0 Å². The topological polar surface area (TPSA) is 35.5 Å². The smallest absolute Gasteiger partial charge is 0.406 e. The molecule has 2 aliphatic rings. The first-order chi connectivity index (χ1) is 10.4. The van der Waals surface area contributed by atoms with Crippen LogP contribution in [0.1, 0.15) is 31.2 Å². The fourth-order valence-corrected chi connectivity index (χ4v) is 3.28. The summed E-state index contributed by atoms with van der Waals surface area (Å²) in [6.45, 7) is 0. The molecule has 2 bridgehead atoms. The number of alkyl halides is 3. The highest BCUT2D eigenvalue weighted by molar-refractivity contribution is 5.83. The molecule has 3 rings (SSSR count). The fraction of sp³-hybridized carbons (Fsp3) is 0.562. The van der Waals surface area contributed by atoms with E-state index < -0.39 is 6.36 Å². The number of Topliss-reactive ketones (excluding diaryl/α,β-unsaturated/α-hetero) is 1. The molecule has 0 aromatic heterocycles. The van der Waals surface area contributed by atoms with E-state index in [0.29, 0.717) is 5.56 Å². The van der Waals surface area contributed by atoms with Crippen molar-refractivity contribution in [2.75, 3.05) is 0 Å². The van der Waals surface area contributed by atoms with Crippen LogP contribution in [0.3, 0.4) is 0 Å². The number of benzene rings is 1. The van der Waals surface area contributed by atoms with Gasteiger partial charge in [-0.1, -0.05) is 12.1 Å². The summed E-state index contributed by atoms with van der Waals surface area (Å²) < 4.78 is 45.8. The molecule has 0 N–H and O–H groups in total. The van der Waals surface area contributed by atoms with E-state index in [4.69, 9.17) is 4.74 Å². The normalized spacial score (nSPS) is 27.7. The van der Waals surface area contributed by atoms with E-state index in [0.717, 1.165) is 25.7 Å². The number of ketones is 1. The maximum atomic E-state index is 12.3. The van der Waals surface area contributed by atoms with Crippen molar-refractivity contribution in [1.82, 2.24) is 0 Å². The van der Waals surface area contributed by atoms with Gasteiger partial charge in [0.05, 0.1) is 12.2 Å². The molecule has 2 heterocycles. The molecule has 2 atom stereocenters. The summed E-state index contributed by atoms with van der Waals surface area (Å²) >= 11 is 0. The van der Waals surface area contributed by atoms with Crippen molar-refractivity contribution in [2.45, 2.75) is 50.7 Å². The van der Waals surface area contributed by atoms with Crippen molar-refractivity contribution >= 4 is 5.78 Å². The van der Waals surface area contributed by atoms with Gasteiger partial charge >= 0.3 is 6.36 Å². The summed E-state index contributed by atoms with van der Waals surface area (Å²) in [5.74, 6) is -0.116. The minimum absolute atomic E-state index is 0.0114. The van der Waals surface area contributed by atoms with Gasteiger partial charge in [-0.25, -0.2) is 0 Å². The van der Waals surface area contributed by atoms with Crippen molar-refractivity contribution in [1.29, 1.82) is 0 Å². The van der Waals surface area contributed by atoms with Gasteiger partial charge < -0.3 is 9.47 Å². The Bertz CT molecular complexity index is 527. The summed E-state index contributed by atoms with van der Waals surface area (Å²) in [5.41, 5.74) is 0.707. The van der Waals surface area contributed by atoms with Crippen molar-refractivity contribution < 1.29 is 27.4 Å². The van der Waals surface area contributed by atoms with E-state index in [-0.39, 0.29) is 36.1 Å².